The molecule has 0 aromatic heterocycles. The van der Waals surface area contributed by atoms with Gasteiger partial charge in [0.2, 0.25) is 0 Å². The van der Waals surface area contributed by atoms with Crippen LogP contribution in [0.15, 0.2) is 23.3 Å². The maximum Gasteiger partial charge on any atom is 0.275 e. The standard InChI is InChI=1S/C15H19ClN2O2/c1-20-14-8-7-12(16)9-13(14)15(19)18-17-10-11-5-3-2-4-6-11/h7-11H,2-6H2,1H3,(H,18,19)/b17-10+. The number of hydrogen-bond acceptors (Lipinski definition) is 3. The molecule has 0 saturated heterocycles. The van der Waals surface area contributed by atoms with Crippen molar-refractivity contribution in [2.24, 2.45) is 11.0 Å². The van der Waals surface area contributed by atoms with E-state index in [1.165, 1.54) is 26.4 Å². The molecule has 108 valence electrons. The zero-order valence-corrected chi connectivity index (χ0v) is 12.3. The van der Waals surface area contributed by atoms with Gasteiger partial charge in [0.05, 0.1) is 12.7 Å². The highest BCUT2D eigenvalue weighted by molar-refractivity contribution is 6.31. The van der Waals surface area contributed by atoms with Crippen molar-refractivity contribution in [3.63, 3.8) is 0 Å². The van der Waals surface area contributed by atoms with Gasteiger partial charge in [-0.25, -0.2) is 5.43 Å². The minimum atomic E-state index is -0.309. The molecule has 1 N–H and O–H groups in total. The van der Waals surface area contributed by atoms with Gasteiger partial charge in [-0.15, -0.1) is 0 Å². The molecule has 0 unspecified atom stereocenters. The summed E-state index contributed by atoms with van der Waals surface area (Å²) in [5.74, 6) is 0.654. The van der Waals surface area contributed by atoms with Crippen molar-refractivity contribution in [3.05, 3.63) is 28.8 Å². The Bertz CT molecular complexity index is 497. The Morgan fingerprint density at radius 3 is 2.85 bits per heavy atom. The van der Waals surface area contributed by atoms with Crippen molar-refractivity contribution >= 4 is 23.7 Å². The van der Waals surface area contributed by atoms with Crippen LogP contribution in [0, 0.1) is 5.92 Å². The largest absolute Gasteiger partial charge is 0.496 e. The molecule has 1 aromatic carbocycles. The van der Waals surface area contributed by atoms with Crippen molar-refractivity contribution in [1.29, 1.82) is 0 Å². The Hall–Kier alpha value is -1.55. The van der Waals surface area contributed by atoms with E-state index < -0.39 is 0 Å². The van der Waals surface area contributed by atoms with Crippen LogP contribution in [0.5, 0.6) is 5.75 Å². The molecule has 1 aromatic rings. The van der Waals surface area contributed by atoms with E-state index >= 15 is 0 Å². The average molecular weight is 295 g/mol. The van der Waals surface area contributed by atoms with Crippen LogP contribution in [0.25, 0.3) is 0 Å². The number of benzene rings is 1. The SMILES string of the molecule is COc1ccc(Cl)cc1C(=O)N/N=C/C1CCCCC1. The second-order valence-electron chi connectivity index (χ2n) is 4.96. The topological polar surface area (TPSA) is 50.7 Å². The third kappa shape index (κ3) is 3.97. The molecular weight excluding hydrogens is 276 g/mol. The maximum absolute atomic E-state index is 12.1. The average Bonchev–Trinajstić information content (AvgIpc) is 2.48. The van der Waals surface area contributed by atoms with Crippen molar-refractivity contribution in [2.75, 3.05) is 7.11 Å². The van der Waals surface area contributed by atoms with Gasteiger partial charge < -0.3 is 4.74 Å². The predicted octanol–water partition coefficient (Wildman–Crippen LogP) is 3.64. The normalized spacial score (nSPS) is 16.3. The van der Waals surface area contributed by atoms with Crippen LogP contribution in [0.4, 0.5) is 0 Å². The first-order chi connectivity index (χ1) is 9.70. The van der Waals surface area contributed by atoms with Gasteiger partial charge in [0, 0.05) is 11.2 Å². The van der Waals surface area contributed by atoms with Gasteiger partial charge >= 0.3 is 0 Å². The third-order valence-electron chi connectivity index (χ3n) is 3.51. The number of methoxy groups -OCH3 is 1. The summed E-state index contributed by atoms with van der Waals surface area (Å²) in [6, 6.07) is 4.93. The Labute approximate surface area is 124 Å². The summed E-state index contributed by atoms with van der Waals surface area (Å²) in [6.07, 6.45) is 7.93. The number of ether oxygens (including phenoxy) is 1. The van der Waals surface area contributed by atoms with Gasteiger partial charge in [-0.05, 0) is 37.0 Å². The van der Waals surface area contributed by atoms with E-state index in [9.17, 15) is 4.79 Å². The molecule has 0 radical (unpaired) electrons. The van der Waals surface area contributed by atoms with Gasteiger partial charge in [-0.2, -0.15) is 5.10 Å². The number of halogens is 1. The molecule has 4 nitrogen and oxygen atoms in total. The summed E-state index contributed by atoms with van der Waals surface area (Å²) >= 11 is 5.90. The fourth-order valence-corrected chi connectivity index (χ4v) is 2.57. The molecule has 1 saturated carbocycles. The lowest BCUT2D eigenvalue weighted by Gasteiger charge is -2.16. The zero-order valence-electron chi connectivity index (χ0n) is 11.6. The molecule has 0 bridgehead atoms. The number of nitrogens with one attached hydrogen (secondary N) is 1. The molecule has 2 rings (SSSR count). The monoisotopic (exact) mass is 294 g/mol. The first-order valence-corrected chi connectivity index (χ1v) is 7.25. The third-order valence-corrected chi connectivity index (χ3v) is 3.74. The Morgan fingerprint density at radius 2 is 2.15 bits per heavy atom. The molecule has 1 amide bonds. The number of hydrazone groups is 1. The molecule has 20 heavy (non-hydrogen) atoms. The summed E-state index contributed by atoms with van der Waals surface area (Å²) in [4.78, 5) is 12.1. The number of rotatable bonds is 4. The van der Waals surface area contributed by atoms with E-state index in [1.807, 2.05) is 6.21 Å². The number of carbonyl (C=O) groups is 1. The van der Waals surface area contributed by atoms with Crippen molar-refractivity contribution in [1.82, 2.24) is 5.43 Å². The van der Waals surface area contributed by atoms with Gasteiger partial charge in [-0.3, -0.25) is 4.79 Å². The molecule has 0 spiro atoms. The predicted molar refractivity (Wildman–Crippen MR) is 80.5 cm³/mol. The summed E-state index contributed by atoms with van der Waals surface area (Å²) in [6.45, 7) is 0. The van der Waals surface area contributed by atoms with Crippen LogP contribution in [0.3, 0.4) is 0 Å². The number of amides is 1. The second kappa shape index (κ2) is 7.29. The summed E-state index contributed by atoms with van der Waals surface area (Å²) in [5.41, 5.74) is 2.93. The molecule has 1 fully saturated rings. The first-order valence-electron chi connectivity index (χ1n) is 6.88. The van der Waals surface area contributed by atoms with Crippen LogP contribution in [-0.4, -0.2) is 19.2 Å². The highest BCUT2D eigenvalue weighted by Crippen LogP contribution is 2.23. The Balaban J connectivity index is 1.97. The molecule has 0 aliphatic heterocycles. The molecule has 0 heterocycles. The van der Waals surface area contributed by atoms with Gasteiger partial charge in [0.1, 0.15) is 5.75 Å². The van der Waals surface area contributed by atoms with Crippen LogP contribution >= 0.6 is 11.6 Å². The lowest BCUT2D eigenvalue weighted by Crippen LogP contribution is -2.20. The smallest absolute Gasteiger partial charge is 0.275 e. The zero-order chi connectivity index (χ0) is 14.4. The van der Waals surface area contributed by atoms with Crippen LogP contribution in [-0.2, 0) is 0 Å². The number of nitrogens with zero attached hydrogens (tertiary/aromatic N) is 1. The molecule has 1 aliphatic carbocycles. The van der Waals surface area contributed by atoms with E-state index in [0.717, 1.165) is 12.8 Å². The van der Waals surface area contributed by atoms with Crippen molar-refractivity contribution in [3.8, 4) is 5.75 Å². The second-order valence-corrected chi connectivity index (χ2v) is 5.40. The fourth-order valence-electron chi connectivity index (χ4n) is 2.40. The Morgan fingerprint density at radius 1 is 1.40 bits per heavy atom. The number of carbonyl (C=O) groups excluding carboxylic acids is 1. The van der Waals surface area contributed by atoms with E-state index in [1.54, 1.807) is 18.2 Å². The van der Waals surface area contributed by atoms with Crippen molar-refractivity contribution < 1.29 is 9.53 Å². The molecule has 5 heteroatoms. The van der Waals surface area contributed by atoms with E-state index in [2.05, 4.69) is 10.5 Å². The highest BCUT2D eigenvalue weighted by atomic mass is 35.5. The van der Waals surface area contributed by atoms with Gasteiger partial charge in [0.15, 0.2) is 0 Å². The summed E-state index contributed by atoms with van der Waals surface area (Å²) in [5, 5.41) is 4.55. The molecule has 0 atom stereocenters. The van der Waals surface area contributed by atoms with Crippen LogP contribution < -0.4 is 10.2 Å². The minimum Gasteiger partial charge on any atom is -0.496 e. The van der Waals surface area contributed by atoms with E-state index in [0.29, 0.717) is 22.3 Å². The maximum atomic E-state index is 12.1. The summed E-state index contributed by atoms with van der Waals surface area (Å²) in [7, 11) is 1.52. The lowest BCUT2D eigenvalue weighted by atomic mass is 9.90. The lowest BCUT2D eigenvalue weighted by molar-refractivity contribution is 0.0952. The van der Waals surface area contributed by atoms with Crippen molar-refractivity contribution in [2.45, 2.75) is 32.1 Å². The molecule has 1 aliphatic rings. The fraction of sp³-hybridized carbons (Fsp3) is 0.467. The quantitative estimate of drug-likeness (QED) is 0.681. The van der Waals surface area contributed by atoms with Crippen LogP contribution in [0.1, 0.15) is 42.5 Å². The Kier molecular flexibility index (Phi) is 5.41. The summed E-state index contributed by atoms with van der Waals surface area (Å²) < 4.78 is 5.15. The minimum absolute atomic E-state index is 0.309. The van der Waals surface area contributed by atoms with Gasteiger partial charge in [-0.1, -0.05) is 30.9 Å². The van der Waals surface area contributed by atoms with E-state index in [-0.39, 0.29) is 5.91 Å². The number of hydrogen-bond donors (Lipinski definition) is 1. The molecular formula is C15H19ClN2O2. The van der Waals surface area contributed by atoms with Crippen LogP contribution in [0.2, 0.25) is 5.02 Å². The van der Waals surface area contributed by atoms with Gasteiger partial charge in [0.25, 0.3) is 5.91 Å². The van der Waals surface area contributed by atoms with E-state index in [4.69, 9.17) is 16.3 Å². The first kappa shape index (κ1) is 14.9. The highest BCUT2D eigenvalue weighted by Gasteiger charge is 2.13.